The molecule has 11 heteroatoms. The number of benzene rings is 2. The van der Waals surface area contributed by atoms with Gasteiger partial charge in [0.1, 0.15) is 12.4 Å². The molecule has 3 aromatic rings. The van der Waals surface area contributed by atoms with Gasteiger partial charge in [0.2, 0.25) is 5.91 Å². The number of hydroxylamine groups is 2. The number of hydrogen-bond donors (Lipinski definition) is 2. The molecule has 0 saturated carbocycles. The van der Waals surface area contributed by atoms with Crippen LogP contribution in [-0.4, -0.2) is 54.8 Å². The average molecular weight is 457 g/mol. The van der Waals surface area contributed by atoms with Crippen molar-refractivity contribution in [2.24, 2.45) is 0 Å². The topological polar surface area (TPSA) is 122 Å². The molecule has 2 N–H and O–H groups in total. The van der Waals surface area contributed by atoms with Gasteiger partial charge in [-0.3, -0.25) is 14.4 Å². The summed E-state index contributed by atoms with van der Waals surface area (Å²) in [7, 11) is 0. The van der Waals surface area contributed by atoms with E-state index in [0.717, 1.165) is 10.6 Å². The number of nitrogens with one attached hydrogen (secondary N) is 1. The van der Waals surface area contributed by atoms with Crippen molar-refractivity contribution in [3.05, 3.63) is 70.5 Å². The Bertz CT molecular complexity index is 1120. The van der Waals surface area contributed by atoms with E-state index in [9.17, 15) is 14.7 Å². The molecule has 10 nitrogen and oxygen atoms in total. The molecule has 2 amide bonds. The monoisotopic (exact) mass is 456 g/mol. The van der Waals surface area contributed by atoms with Crippen molar-refractivity contribution in [3.8, 4) is 5.69 Å². The Morgan fingerprint density at radius 3 is 2.91 bits per heavy atom. The first-order chi connectivity index (χ1) is 15.4. The smallest absolute Gasteiger partial charge is 0.280 e. The molecule has 1 aliphatic rings. The Kier molecular flexibility index (Phi) is 6.45. The highest BCUT2D eigenvalue weighted by Crippen LogP contribution is 2.24. The predicted octanol–water partition coefficient (Wildman–Crippen LogP) is 1.51. The van der Waals surface area contributed by atoms with E-state index in [1.165, 1.54) is 11.0 Å². The lowest BCUT2D eigenvalue weighted by molar-refractivity contribution is -0.187. The second kappa shape index (κ2) is 9.43. The predicted molar refractivity (Wildman–Crippen MR) is 113 cm³/mol. The van der Waals surface area contributed by atoms with Gasteiger partial charge < -0.3 is 10.4 Å². The van der Waals surface area contributed by atoms with Crippen LogP contribution in [0.5, 0.6) is 0 Å². The van der Waals surface area contributed by atoms with Gasteiger partial charge in [0.25, 0.3) is 5.91 Å². The molecule has 0 bridgehead atoms. The quantitative estimate of drug-likeness (QED) is 0.576. The standard InChI is InChI=1S/C21H21ClN6O4/c1-13-3-2-4-14(9-13)19(29)21(31)28-18(7-8-32-28)20(30)23-11-15-10-16(22)5-6-17(15)27-12-24-25-26-27/h2-6,9-10,12,18-19,29H,7-8,11H2,1H3,(H,23,30)/t18-,19?/m0/s1. The van der Waals surface area contributed by atoms with Crippen molar-refractivity contribution < 1.29 is 19.5 Å². The molecule has 0 spiro atoms. The summed E-state index contributed by atoms with van der Waals surface area (Å²) in [5, 5.41) is 25.9. The fraction of sp³-hybridized carbons (Fsp3) is 0.286. The van der Waals surface area contributed by atoms with Crippen LogP contribution in [0.4, 0.5) is 0 Å². The van der Waals surface area contributed by atoms with Crippen LogP contribution in [0.15, 0.2) is 48.8 Å². The first-order valence-electron chi connectivity index (χ1n) is 9.94. The number of amides is 2. The van der Waals surface area contributed by atoms with Gasteiger partial charge in [-0.15, -0.1) is 5.10 Å². The van der Waals surface area contributed by atoms with Crippen LogP contribution < -0.4 is 5.32 Å². The minimum Gasteiger partial charge on any atom is -0.378 e. The number of carbonyl (C=O) groups excluding carboxylic acids is 2. The molecule has 0 aliphatic carbocycles. The molecule has 1 saturated heterocycles. The Morgan fingerprint density at radius 2 is 2.16 bits per heavy atom. The van der Waals surface area contributed by atoms with Gasteiger partial charge in [0.15, 0.2) is 6.10 Å². The van der Waals surface area contributed by atoms with Crippen LogP contribution in [0.25, 0.3) is 5.69 Å². The van der Waals surface area contributed by atoms with Crippen LogP contribution in [0, 0.1) is 6.92 Å². The van der Waals surface area contributed by atoms with Crippen molar-refractivity contribution >= 4 is 23.4 Å². The lowest BCUT2D eigenvalue weighted by Crippen LogP contribution is -2.46. The summed E-state index contributed by atoms with van der Waals surface area (Å²) >= 11 is 6.12. The van der Waals surface area contributed by atoms with Crippen molar-refractivity contribution in [2.75, 3.05) is 6.61 Å². The van der Waals surface area contributed by atoms with Crippen molar-refractivity contribution in [3.63, 3.8) is 0 Å². The van der Waals surface area contributed by atoms with Gasteiger partial charge in [0.05, 0.1) is 12.3 Å². The van der Waals surface area contributed by atoms with E-state index in [0.29, 0.717) is 28.3 Å². The molecule has 166 valence electrons. The van der Waals surface area contributed by atoms with Crippen molar-refractivity contribution in [2.45, 2.75) is 32.0 Å². The number of tetrazole rings is 1. The van der Waals surface area contributed by atoms with E-state index in [-0.39, 0.29) is 13.2 Å². The molecule has 1 fully saturated rings. The Balaban J connectivity index is 1.46. The van der Waals surface area contributed by atoms with E-state index in [2.05, 4.69) is 20.8 Å². The highest BCUT2D eigenvalue weighted by Gasteiger charge is 2.38. The minimum atomic E-state index is -1.43. The number of aromatic nitrogens is 4. The van der Waals surface area contributed by atoms with E-state index < -0.39 is 24.0 Å². The van der Waals surface area contributed by atoms with Gasteiger partial charge in [-0.1, -0.05) is 41.4 Å². The zero-order valence-electron chi connectivity index (χ0n) is 17.2. The molecule has 2 aromatic carbocycles. The molecule has 0 radical (unpaired) electrons. The third-order valence-corrected chi connectivity index (χ3v) is 5.34. The van der Waals surface area contributed by atoms with Gasteiger partial charge >= 0.3 is 0 Å². The molecule has 1 aliphatic heterocycles. The van der Waals surface area contributed by atoms with Crippen LogP contribution in [-0.2, 0) is 21.0 Å². The number of aliphatic hydroxyl groups excluding tert-OH is 1. The van der Waals surface area contributed by atoms with Gasteiger partial charge in [0, 0.05) is 18.0 Å². The maximum Gasteiger partial charge on any atom is 0.280 e. The summed E-state index contributed by atoms with van der Waals surface area (Å²) in [6, 6.07) is 11.3. The molecular weight excluding hydrogens is 436 g/mol. The maximum atomic E-state index is 12.9. The maximum absolute atomic E-state index is 12.9. The van der Waals surface area contributed by atoms with Crippen molar-refractivity contribution in [1.29, 1.82) is 0 Å². The molecule has 4 rings (SSSR count). The first-order valence-corrected chi connectivity index (χ1v) is 10.3. The molecule has 2 atom stereocenters. The van der Waals surface area contributed by atoms with E-state index in [1.54, 1.807) is 36.4 Å². The number of carbonyl (C=O) groups is 2. The van der Waals surface area contributed by atoms with Crippen molar-refractivity contribution in [1.82, 2.24) is 30.6 Å². The zero-order valence-corrected chi connectivity index (χ0v) is 17.9. The highest BCUT2D eigenvalue weighted by molar-refractivity contribution is 6.30. The number of aliphatic hydroxyl groups is 1. The third kappa shape index (κ3) is 4.62. The Morgan fingerprint density at radius 1 is 1.31 bits per heavy atom. The van der Waals surface area contributed by atoms with Crippen LogP contribution in [0.1, 0.15) is 29.2 Å². The number of hydrogen-bond acceptors (Lipinski definition) is 7. The summed E-state index contributed by atoms with van der Waals surface area (Å²) in [4.78, 5) is 31.1. The molecule has 32 heavy (non-hydrogen) atoms. The SMILES string of the molecule is Cc1cccc(C(O)C(=O)N2OCC[C@H]2C(=O)NCc2cc(Cl)ccc2-n2cnnn2)c1. The van der Waals surface area contributed by atoms with Crippen LogP contribution in [0.3, 0.4) is 0 Å². The lowest BCUT2D eigenvalue weighted by atomic mass is 10.1. The highest BCUT2D eigenvalue weighted by atomic mass is 35.5. The fourth-order valence-electron chi connectivity index (χ4n) is 3.52. The number of nitrogens with zero attached hydrogens (tertiary/aromatic N) is 5. The largest absolute Gasteiger partial charge is 0.378 e. The first kappa shape index (κ1) is 21.9. The zero-order chi connectivity index (χ0) is 22.7. The number of aryl methyl sites for hydroxylation is 1. The number of rotatable bonds is 6. The Labute approximate surface area is 188 Å². The van der Waals surface area contributed by atoms with Gasteiger partial charge in [-0.05, 0) is 46.7 Å². The summed E-state index contributed by atoms with van der Waals surface area (Å²) in [5.74, 6) is -1.10. The second-order valence-corrected chi connectivity index (χ2v) is 7.80. The normalized spacial score (nSPS) is 16.7. The minimum absolute atomic E-state index is 0.132. The molecule has 1 aromatic heterocycles. The van der Waals surface area contributed by atoms with E-state index in [1.807, 2.05) is 13.0 Å². The van der Waals surface area contributed by atoms with Crippen LogP contribution in [0.2, 0.25) is 5.02 Å². The summed E-state index contributed by atoms with van der Waals surface area (Å²) in [6.45, 7) is 2.19. The summed E-state index contributed by atoms with van der Waals surface area (Å²) in [6.07, 6.45) is 0.322. The van der Waals surface area contributed by atoms with Crippen LogP contribution >= 0.6 is 11.6 Å². The molecule has 1 unspecified atom stereocenters. The van der Waals surface area contributed by atoms with Gasteiger partial charge in [-0.2, -0.15) is 0 Å². The summed E-state index contributed by atoms with van der Waals surface area (Å²) in [5.41, 5.74) is 2.69. The van der Waals surface area contributed by atoms with E-state index >= 15 is 0 Å². The molecular formula is C21H21ClN6O4. The lowest BCUT2D eigenvalue weighted by Gasteiger charge is -2.24. The van der Waals surface area contributed by atoms with Gasteiger partial charge in [-0.25, -0.2) is 9.75 Å². The molecule has 2 heterocycles. The fourth-order valence-corrected chi connectivity index (χ4v) is 3.71. The second-order valence-electron chi connectivity index (χ2n) is 7.36. The number of halogens is 1. The summed E-state index contributed by atoms with van der Waals surface area (Å²) < 4.78 is 1.46. The average Bonchev–Trinajstić information content (AvgIpc) is 3.49. The van der Waals surface area contributed by atoms with E-state index in [4.69, 9.17) is 16.4 Å². The Hall–Kier alpha value is -3.34. The third-order valence-electron chi connectivity index (χ3n) is 5.11.